The highest BCUT2D eigenvalue weighted by atomic mass is 32.2. The Morgan fingerprint density at radius 1 is 0.610 bits per heavy atom. The first-order valence-electron chi connectivity index (χ1n) is 26.7. The third-order valence-corrected chi connectivity index (χ3v) is 14.5. The van der Waals surface area contributed by atoms with Gasteiger partial charge in [-0.15, -0.1) is 11.8 Å². The summed E-state index contributed by atoms with van der Waals surface area (Å²) in [5, 5.41) is 60.7. The fourth-order valence-electron chi connectivity index (χ4n) is 7.31. The van der Waals surface area contributed by atoms with E-state index in [0.717, 1.165) is 76.0 Å². The van der Waals surface area contributed by atoms with Crippen LogP contribution in [0.25, 0.3) is 0 Å². The lowest BCUT2D eigenvalue weighted by atomic mass is 9.85. The third kappa shape index (κ3) is 36.5. The summed E-state index contributed by atoms with van der Waals surface area (Å²) in [6.07, 6.45) is 30.9. The predicted octanol–water partition coefficient (Wildman–Crippen LogP) is 8.04. The average Bonchev–Trinajstić information content (AvgIpc) is 3.38. The van der Waals surface area contributed by atoms with E-state index in [0.29, 0.717) is 12.8 Å². The zero-order valence-corrected chi connectivity index (χ0v) is 47.4. The number of allylic oxidation sites excluding steroid dienone is 15. The first kappa shape index (κ1) is 71.7. The van der Waals surface area contributed by atoms with Crippen molar-refractivity contribution in [2.45, 2.75) is 202 Å². The molecule has 1 fully saturated rings. The number of aliphatic carboxylic acids is 1. The number of phosphoric acid groups is 2. The molecule has 0 aromatic heterocycles. The topological polar surface area (TPSA) is 340 Å². The first-order chi connectivity index (χ1) is 36.7. The summed E-state index contributed by atoms with van der Waals surface area (Å²) in [5.41, 5.74) is 6.22. The van der Waals surface area contributed by atoms with Gasteiger partial charge >= 0.3 is 33.6 Å². The molecule has 0 spiro atoms. The number of aliphatic hydroxyl groups is 5. The lowest BCUT2D eigenvalue weighted by Crippen LogP contribution is -2.64. The van der Waals surface area contributed by atoms with Gasteiger partial charge in [-0.1, -0.05) is 143 Å². The molecular formula is C54H89NO19P2S. The number of ether oxygens (including phenoxy) is 2. The molecule has 0 aromatic carbocycles. The molecule has 0 aliphatic heterocycles. The number of aliphatic hydroxyl groups excluding tert-OH is 5. The van der Waals surface area contributed by atoms with E-state index in [9.17, 15) is 63.7 Å². The van der Waals surface area contributed by atoms with Crippen molar-refractivity contribution in [2.24, 2.45) is 5.73 Å². The number of nitrogens with two attached hydrogens (primary N) is 1. The van der Waals surface area contributed by atoms with Crippen molar-refractivity contribution in [3.05, 3.63) is 97.2 Å². The molecule has 0 heterocycles. The number of phosphoric ester groups is 2. The summed E-state index contributed by atoms with van der Waals surface area (Å²) in [6, 6.07) is -1.41. The highest BCUT2D eigenvalue weighted by molar-refractivity contribution is 8.00. The second-order valence-corrected chi connectivity index (χ2v) is 22.3. The Morgan fingerprint density at radius 2 is 1.12 bits per heavy atom. The maximum atomic E-state index is 13.4. The minimum absolute atomic E-state index is 0.0311. The Bertz CT molecular complexity index is 1970. The molecule has 0 bridgehead atoms. The molecule has 0 radical (unpaired) electrons. The molecule has 20 nitrogen and oxygen atoms in total. The zero-order chi connectivity index (χ0) is 57.3. The van der Waals surface area contributed by atoms with Gasteiger partial charge in [0.05, 0.1) is 12.7 Å². The molecule has 11 atom stereocenters. The van der Waals surface area contributed by atoms with Crippen LogP contribution in [0.1, 0.15) is 142 Å². The zero-order valence-electron chi connectivity index (χ0n) is 44.8. The van der Waals surface area contributed by atoms with E-state index in [4.69, 9.17) is 29.4 Å². The van der Waals surface area contributed by atoms with E-state index < -0.39 is 107 Å². The van der Waals surface area contributed by atoms with Gasteiger partial charge in [-0.05, 0) is 83.5 Å². The summed E-state index contributed by atoms with van der Waals surface area (Å²) >= 11 is 1.07. The van der Waals surface area contributed by atoms with E-state index in [2.05, 4.69) is 79.1 Å². The van der Waals surface area contributed by atoms with Crippen LogP contribution in [0.3, 0.4) is 0 Å². The number of carbonyl (C=O) groups excluding carboxylic acids is 2. The van der Waals surface area contributed by atoms with Gasteiger partial charge < -0.3 is 60.5 Å². The third-order valence-electron chi connectivity index (χ3n) is 11.6. The largest absolute Gasteiger partial charge is 0.481 e. The molecule has 1 aliphatic rings. The van der Waals surface area contributed by atoms with Gasteiger partial charge in [0.15, 0.2) is 6.10 Å². The number of rotatable bonds is 44. The van der Waals surface area contributed by atoms with Crippen LogP contribution < -0.4 is 5.73 Å². The molecule has 0 saturated heterocycles. The van der Waals surface area contributed by atoms with Gasteiger partial charge in [0.2, 0.25) is 0 Å². The fourth-order valence-corrected chi connectivity index (χ4v) is 9.96. The first-order valence-corrected chi connectivity index (χ1v) is 30.8. The molecule has 77 heavy (non-hydrogen) atoms. The number of thioether (sulfide) groups is 1. The Balaban J connectivity index is 3.00. The summed E-state index contributed by atoms with van der Waals surface area (Å²) in [7, 11) is -11.1. The number of carboxylic acids is 1. The van der Waals surface area contributed by atoms with Crippen LogP contribution in [0.15, 0.2) is 97.2 Å². The molecule has 1 rings (SSSR count). The molecule has 440 valence electrons. The number of hydrogen-bond acceptors (Lipinski definition) is 17. The number of hydrogen-bond donors (Lipinski definition) is 10. The Kier molecular flexibility index (Phi) is 40.5. The van der Waals surface area contributed by atoms with E-state index in [-0.39, 0.29) is 31.4 Å². The summed E-state index contributed by atoms with van der Waals surface area (Å²) in [4.78, 5) is 66.8. The molecular weight excluding hydrogens is 1060 g/mol. The van der Waals surface area contributed by atoms with Crippen molar-refractivity contribution in [1.82, 2.24) is 0 Å². The molecule has 23 heteroatoms. The normalized spacial score (nSPS) is 22.1. The van der Waals surface area contributed by atoms with E-state index in [1.807, 2.05) is 12.2 Å². The number of carboxylic acid groups (broad SMARTS) is 1. The van der Waals surface area contributed by atoms with E-state index >= 15 is 0 Å². The Hall–Kier alpha value is -3.34. The number of esters is 2. The Morgan fingerprint density at radius 3 is 1.65 bits per heavy atom. The van der Waals surface area contributed by atoms with Crippen LogP contribution in [0.5, 0.6) is 0 Å². The summed E-state index contributed by atoms with van der Waals surface area (Å²) in [5.74, 6) is -3.00. The number of unbranched alkanes of at least 4 members (excludes halogenated alkanes) is 9. The van der Waals surface area contributed by atoms with Gasteiger partial charge in [0.1, 0.15) is 49.3 Å². The van der Waals surface area contributed by atoms with Crippen LogP contribution in [-0.4, -0.2) is 142 Å². The molecule has 1 unspecified atom stereocenters. The number of carbonyl (C=O) groups is 3. The molecule has 1 saturated carbocycles. The smallest absolute Gasteiger partial charge is 0.472 e. The lowest BCUT2D eigenvalue weighted by molar-refractivity contribution is -0.216. The maximum Gasteiger partial charge on any atom is 0.472 e. The van der Waals surface area contributed by atoms with Crippen LogP contribution >= 0.6 is 27.4 Å². The second kappa shape index (κ2) is 43.5. The molecule has 0 amide bonds. The molecule has 11 N–H and O–H groups in total. The van der Waals surface area contributed by atoms with Crippen LogP contribution in [0.4, 0.5) is 0 Å². The minimum atomic E-state index is -5.54. The van der Waals surface area contributed by atoms with Crippen molar-refractivity contribution in [3.8, 4) is 0 Å². The standard InChI is InChI=1S/C54H89NO19P2S/c1-3-5-7-9-11-13-15-17-18-19-20-21-22-23-25-27-29-31-33-38-47(59)70-39-42(40-71-76(68,69)74-53-51(63)49(61)48(60)50(62)52(53)73-75(65,66)67)72-54(64)43(55)41-77-45(44(56)35-34-37-46(57)58)36-32-30-28-26-24-16-14-12-10-8-6-4-2/h11-14,17-18,20-21,23-26,28,30,32,36,42-45,48-53,56,60-63H,3-10,15-16,19,22,27,29,31,33-35,37-41,55H2,1-2H3,(H,57,58)(H,68,69)(H2,65,66,67)/b13-11-,14-12-,18-17-,21-20-,25-23-,26-24-,30-28+,36-32+/t42-,43+,44+,45-,48+,49+,50-,51-,52-,53+/m1/s1. The van der Waals surface area contributed by atoms with Crippen molar-refractivity contribution >= 4 is 45.3 Å². The van der Waals surface area contributed by atoms with E-state index in [1.165, 1.54) is 25.7 Å². The monoisotopic (exact) mass is 1150 g/mol. The average molecular weight is 1150 g/mol. The highest BCUT2D eigenvalue weighted by Crippen LogP contribution is 2.50. The molecule has 1 aliphatic carbocycles. The predicted molar refractivity (Wildman–Crippen MR) is 297 cm³/mol. The van der Waals surface area contributed by atoms with Crippen LogP contribution in [0.2, 0.25) is 0 Å². The van der Waals surface area contributed by atoms with Crippen molar-refractivity contribution < 1.29 is 91.9 Å². The fraction of sp³-hybridized carbons (Fsp3) is 0.648. The second-order valence-electron chi connectivity index (χ2n) is 18.4. The summed E-state index contributed by atoms with van der Waals surface area (Å²) in [6.45, 7) is 2.57. The SMILES string of the molecule is CCCCC/C=C\C\C=C/C=C/C=C/[C@@H](SC[C@H](N)C(=O)O[C@H](COC(=O)CCCCC/C=C\C/C=C\C/C=C\C/C=C\CCCCC)COP(=O)(O)O[C@H]1[C@H](O)[C@@H](O)[C@H](O)[C@@H](O)[C@H]1OP(=O)(O)O)[C@@H](O)CCCC(=O)O. The lowest BCUT2D eigenvalue weighted by Gasteiger charge is -2.43. The minimum Gasteiger partial charge on any atom is -0.481 e. The van der Waals surface area contributed by atoms with Crippen molar-refractivity contribution in [1.29, 1.82) is 0 Å². The van der Waals surface area contributed by atoms with Crippen LogP contribution in [0, 0.1) is 0 Å². The summed E-state index contributed by atoms with van der Waals surface area (Å²) < 4.78 is 50.0. The quantitative estimate of drug-likeness (QED) is 0.00906. The van der Waals surface area contributed by atoms with Crippen molar-refractivity contribution in [3.63, 3.8) is 0 Å². The van der Waals surface area contributed by atoms with Gasteiger partial charge in [0, 0.05) is 23.8 Å². The maximum absolute atomic E-state index is 13.4. The Labute approximate surface area is 459 Å². The van der Waals surface area contributed by atoms with E-state index in [1.54, 1.807) is 24.3 Å². The van der Waals surface area contributed by atoms with Gasteiger partial charge in [-0.2, -0.15) is 0 Å². The van der Waals surface area contributed by atoms with Crippen molar-refractivity contribution in [2.75, 3.05) is 19.0 Å². The van der Waals surface area contributed by atoms with Gasteiger partial charge in [-0.25, -0.2) is 9.13 Å². The van der Waals surface area contributed by atoms with Gasteiger partial charge in [-0.3, -0.25) is 28.0 Å². The highest BCUT2D eigenvalue weighted by Gasteiger charge is 2.54. The van der Waals surface area contributed by atoms with Gasteiger partial charge in [0.25, 0.3) is 0 Å². The molecule has 0 aromatic rings. The van der Waals surface area contributed by atoms with Crippen LogP contribution in [-0.2, 0) is 46.6 Å².